The number of nitrogens with one attached hydrogen (secondary N) is 2. The molecule has 2 N–H and O–H groups in total. The van der Waals surface area contributed by atoms with Crippen molar-refractivity contribution < 1.29 is 14.3 Å². The minimum absolute atomic E-state index is 0.184. The maximum atomic E-state index is 13.0. The second-order valence-electron chi connectivity index (χ2n) is 7.26. The molecule has 0 saturated carbocycles. The molecule has 2 amide bonds. The van der Waals surface area contributed by atoms with Crippen LogP contribution in [-0.4, -0.2) is 33.7 Å². The second kappa shape index (κ2) is 9.21. The number of hydrogen-bond acceptors (Lipinski definition) is 7. The largest absolute Gasteiger partial charge is 0.497 e. The van der Waals surface area contributed by atoms with Crippen molar-refractivity contribution >= 4 is 44.7 Å². The summed E-state index contributed by atoms with van der Waals surface area (Å²) >= 11 is 1.38. The minimum atomic E-state index is -0.433. The Morgan fingerprint density at radius 1 is 1.09 bits per heavy atom. The fourth-order valence-electron chi connectivity index (χ4n) is 3.31. The zero-order valence-corrected chi connectivity index (χ0v) is 19.0. The molecule has 4 rings (SSSR count). The number of amides is 2. The van der Waals surface area contributed by atoms with E-state index in [-0.39, 0.29) is 18.0 Å². The first-order chi connectivity index (χ1) is 15.8. The summed E-state index contributed by atoms with van der Waals surface area (Å²) in [4.78, 5) is 41.2. The number of carbonyl (C=O) groups is 2. The van der Waals surface area contributed by atoms with Gasteiger partial charge in [-0.25, -0.2) is 9.67 Å². The number of hydrogen-bond donors (Lipinski definition) is 2. The minimum Gasteiger partial charge on any atom is -0.497 e. The highest BCUT2D eigenvalue weighted by atomic mass is 32.1. The van der Waals surface area contributed by atoms with Gasteiger partial charge in [0.1, 0.15) is 18.0 Å². The number of carbonyl (C=O) groups excluding carboxylic acids is 2. The Labute approximate surface area is 193 Å². The number of fused-ring (bicyclic) bond motifs is 1. The molecule has 2 aromatic carbocycles. The maximum Gasteiger partial charge on any atom is 0.294 e. The summed E-state index contributed by atoms with van der Waals surface area (Å²) in [7, 11) is 1.58. The van der Waals surface area contributed by atoms with Gasteiger partial charge in [0.2, 0.25) is 11.8 Å². The quantitative estimate of drug-likeness (QED) is 0.453. The highest BCUT2D eigenvalue weighted by Crippen LogP contribution is 2.31. The van der Waals surface area contributed by atoms with Crippen LogP contribution >= 0.6 is 11.3 Å². The Hall–Kier alpha value is -4.05. The third kappa shape index (κ3) is 4.90. The molecule has 0 aliphatic carbocycles. The Balaban J connectivity index is 1.65. The smallest absolute Gasteiger partial charge is 0.294 e. The predicted octanol–water partition coefficient (Wildman–Crippen LogP) is 3.43. The molecule has 0 atom stereocenters. The van der Waals surface area contributed by atoms with Gasteiger partial charge in [-0.2, -0.15) is 5.10 Å². The fraction of sp³-hybridized carbons (Fsp3) is 0.174. The van der Waals surface area contributed by atoms with Crippen LogP contribution in [0.3, 0.4) is 0 Å². The van der Waals surface area contributed by atoms with Crippen molar-refractivity contribution in [1.29, 1.82) is 0 Å². The first kappa shape index (κ1) is 22.2. The number of anilines is 2. The molecule has 0 radical (unpaired) electrons. The lowest BCUT2D eigenvalue weighted by atomic mass is 10.1. The van der Waals surface area contributed by atoms with E-state index < -0.39 is 11.5 Å². The van der Waals surface area contributed by atoms with Gasteiger partial charge in [-0.15, -0.1) is 11.3 Å². The van der Waals surface area contributed by atoms with Crippen LogP contribution in [0.2, 0.25) is 0 Å². The molecule has 2 aromatic heterocycles. The molecule has 0 bridgehead atoms. The average molecular weight is 464 g/mol. The molecular formula is C23H21N5O4S. The summed E-state index contributed by atoms with van der Waals surface area (Å²) in [5, 5.41) is 10.6. The highest BCUT2D eigenvalue weighted by Gasteiger charge is 2.18. The van der Waals surface area contributed by atoms with E-state index in [0.717, 1.165) is 15.3 Å². The Morgan fingerprint density at radius 3 is 2.45 bits per heavy atom. The lowest BCUT2D eigenvalue weighted by molar-refractivity contribution is -0.117. The number of nitrogens with zero attached hydrogens (tertiary/aromatic N) is 3. The summed E-state index contributed by atoms with van der Waals surface area (Å²) < 4.78 is 7.10. The maximum absolute atomic E-state index is 13.0. The van der Waals surface area contributed by atoms with E-state index in [2.05, 4.69) is 20.7 Å². The number of methoxy groups -OCH3 is 1. The van der Waals surface area contributed by atoms with Gasteiger partial charge < -0.3 is 15.4 Å². The van der Waals surface area contributed by atoms with E-state index in [1.165, 1.54) is 18.3 Å². The first-order valence-electron chi connectivity index (χ1n) is 10.0. The van der Waals surface area contributed by atoms with Crippen LogP contribution in [0.15, 0.2) is 53.3 Å². The molecule has 0 spiro atoms. The van der Waals surface area contributed by atoms with Gasteiger partial charge in [-0.3, -0.25) is 14.4 Å². The molecule has 0 fully saturated rings. The molecule has 2 heterocycles. The van der Waals surface area contributed by atoms with Crippen LogP contribution in [0.1, 0.15) is 11.9 Å². The first-order valence-corrected chi connectivity index (χ1v) is 10.9. The molecule has 168 valence electrons. The molecule has 0 aliphatic rings. The number of aryl methyl sites for hydroxylation is 1. The van der Waals surface area contributed by atoms with Gasteiger partial charge in [-0.1, -0.05) is 12.1 Å². The zero-order valence-electron chi connectivity index (χ0n) is 18.2. The van der Waals surface area contributed by atoms with E-state index >= 15 is 0 Å². The van der Waals surface area contributed by atoms with Gasteiger partial charge in [-0.05, 0) is 43.3 Å². The van der Waals surface area contributed by atoms with Crippen molar-refractivity contribution in [3.63, 3.8) is 0 Å². The molecule has 0 unspecified atom stereocenters. The fourth-order valence-corrected chi connectivity index (χ4v) is 4.23. The van der Waals surface area contributed by atoms with Crippen LogP contribution in [0.25, 0.3) is 21.5 Å². The Kier molecular flexibility index (Phi) is 6.18. The van der Waals surface area contributed by atoms with Gasteiger partial charge in [0, 0.05) is 23.9 Å². The van der Waals surface area contributed by atoms with E-state index in [0.29, 0.717) is 27.5 Å². The Morgan fingerprint density at radius 2 is 1.79 bits per heavy atom. The molecule has 10 heteroatoms. The lowest BCUT2D eigenvalue weighted by Crippen LogP contribution is -2.30. The zero-order chi connectivity index (χ0) is 23.5. The summed E-state index contributed by atoms with van der Waals surface area (Å²) in [5.41, 5.74) is 2.30. The monoisotopic (exact) mass is 463 g/mol. The van der Waals surface area contributed by atoms with Gasteiger partial charge >= 0.3 is 0 Å². The molecular weight excluding hydrogens is 442 g/mol. The SMILES string of the molecule is COc1cccc(-c2nn(CC(=O)Nc3ccc(NC(C)=O)cc3)c(=O)c3nc(C)sc23)c1. The standard InChI is InChI=1S/C23H21N5O4S/c1-13(29)24-16-7-9-17(10-8-16)26-19(30)12-28-23(31)21-22(33-14(2)25-21)20(27-28)15-5-4-6-18(11-15)32-3/h4-11H,12H2,1-3H3,(H,24,29)(H,26,30). The Bertz CT molecular complexity index is 1410. The summed E-state index contributed by atoms with van der Waals surface area (Å²) in [6.45, 7) is 2.96. The van der Waals surface area contributed by atoms with Crippen molar-refractivity contribution in [2.24, 2.45) is 0 Å². The number of ether oxygens (including phenoxy) is 1. The van der Waals surface area contributed by atoms with Crippen LogP contribution < -0.4 is 20.9 Å². The van der Waals surface area contributed by atoms with Crippen LogP contribution in [-0.2, 0) is 16.1 Å². The lowest BCUT2D eigenvalue weighted by Gasteiger charge is -2.10. The van der Waals surface area contributed by atoms with Gasteiger partial charge in [0.05, 0.1) is 16.8 Å². The number of rotatable bonds is 6. The predicted molar refractivity (Wildman–Crippen MR) is 128 cm³/mol. The summed E-state index contributed by atoms with van der Waals surface area (Å²) in [6, 6.07) is 14.0. The van der Waals surface area contributed by atoms with Crippen molar-refractivity contribution in [3.05, 3.63) is 63.9 Å². The summed E-state index contributed by atoms with van der Waals surface area (Å²) in [6.07, 6.45) is 0. The third-order valence-electron chi connectivity index (χ3n) is 4.73. The molecule has 9 nitrogen and oxygen atoms in total. The third-order valence-corrected chi connectivity index (χ3v) is 5.71. The van der Waals surface area contributed by atoms with E-state index in [9.17, 15) is 14.4 Å². The van der Waals surface area contributed by atoms with Gasteiger partial charge in [0.15, 0.2) is 5.52 Å². The van der Waals surface area contributed by atoms with Crippen LogP contribution in [0.4, 0.5) is 11.4 Å². The number of benzene rings is 2. The van der Waals surface area contributed by atoms with E-state index in [1.807, 2.05) is 31.2 Å². The van der Waals surface area contributed by atoms with Crippen LogP contribution in [0.5, 0.6) is 5.75 Å². The molecule has 0 aliphatic heterocycles. The van der Waals surface area contributed by atoms with Crippen molar-refractivity contribution in [2.45, 2.75) is 20.4 Å². The topological polar surface area (TPSA) is 115 Å². The molecule has 4 aromatic rings. The van der Waals surface area contributed by atoms with Crippen LogP contribution in [0, 0.1) is 6.92 Å². The number of aromatic nitrogens is 3. The van der Waals surface area contributed by atoms with E-state index in [1.54, 1.807) is 31.4 Å². The second-order valence-corrected chi connectivity index (χ2v) is 8.46. The molecule has 0 saturated heterocycles. The number of thiazole rings is 1. The highest BCUT2D eigenvalue weighted by molar-refractivity contribution is 7.19. The molecule has 33 heavy (non-hydrogen) atoms. The van der Waals surface area contributed by atoms with E-state index in [4.69, 9.17) is 4.74 Å². The van der Waals surface area contributed by atoms with Crippen molar-refractivity contribution in [3.8, 4) is 17.0 Å². The normalized spacial score (nSPS) is 10.8. The van der Waals surface area contributed by atoms with Crippen molar-refractivity contribution in [2.75, 3.05) is 17.7 Å². The summed E-state index contributed by atoms with van der Waals surface area (Å²) in [5.74, 6) is 0.0541. The van der Waals surface area contributed by atoms with Gasteiger partial charge in [0.25, 0.3) is 5.56 Å². The average Bonchev–Trinajstić information content (AvgIpc) is 3.18. The van der Waals surface area contributed by atoms with Crippen molar-refractivity contribution in [1.82, 2.24) is 14.8 Å².